The summed E-state index contributed by atoms with van der Waals surface area (Å²) in [5.74, 6) is -0.466. The molecule has 0 unspecified atom stereocenters. The normalized spacial score (nSPS) is 18.2. The smallest absolute Gasteiger partial charge is 0.267 e. The van der Waals surface area contributed by atoms with Crippen molar-refractivity contribution < 1.29 is 13.2 Å². The number of carbonyl (C=O) groups is 1. The monoisotopic (exact) mass is 422 g/mol. The predicted octanol–water partition coefficient (Wildman–Crippen LogP) is 4.38. The Kier molecular flexibility index (Phi) is 4.66. The number of fused-ring (bicyclic) bond motifs is 1. The van der Waals surface area contributed by atoms with E-state index in [-0.39, 0.29) is 9.80 Å². The lowest BCUT2D eigenvalue weighted by Gasteiger charge is -2.30. The molecule has 0 radical (unpaired) electrons. The summed E-state index contributed by atoms with van der Waals surface area (Å²) in [6.45, 7) is 1.14. The molecule has 8 heteroatoms. The van der Waals surface area contributed by atoms with Gasteiger partial charge < -0.3 is 9.80 Å². The lowest BCUT2D eigenvalue weighted by Crippen LogP contribution is -2.35. The van der Waals surface area contributed by atoms with Crippen LogP contribution < -0.4 is 4.90 Å². The second-order valence-corrected chi connectivity index (χ2v) is 9.21. The summed E-state index contributed by atoms with van der Waals surface area (Å²) in [5.41, 5.74) is 1.09. The van der Waals surface area contributed by atoms with Crippen LogP contribution in [0.5, 0.6) is 0 Å². The van der Waals surface area contributed by atoms with Crippen molar-refractivity contribution in [3.63, 3.8) is 0 Å². The molecule has 0 N–H and O–H groups in total. The van der Waals surface area contributed by atoms with Gasteiger partial charge in [0.2, 0.25) is 9.84 Å². The van der Waals surface area contributed by atoms with Crippen LogP contribution in [-0.4, -0.2) is 32.3 Å². The van der Waals surface area contributed by atoms with Gasteiger partial charge in [0, 0.05) is 35.0 Å². The molecule has 0 saturated carbocycles. The molecule has 0 bridgehead atoms. The first-order valence-corrected chi connectivity index (χ1v) is 10.7. The Morgan fingerprint density at radius 3 is 2.22 bits per heavy atom. The van der Waals surface area contributed by atoms with Crippen LogP contribution in [0.15, 0.2) is 58.5 Å². The molecule has 0 spiro atoms. The third-order valence-corrected chi connectivity index (χ3v) is 6.99. The van der Waals surface area contributed by atoms with E-state index >= 15 is 0 Å². The molecule has 2 aromatic carbocycles. The van der Waals surface area contributed by atoms with Crippen LogP contribution >= 0.6 is 23.2 Å². The Labute approximate surface area is 167 Å². The molecule has 2 aromatic rings. The van der Waals surface area contributed by atoms with Crippen molar-refractivity contribution in [2.24, 2.45) is 0 Å². The van der Waals surface area contributed by atoms with Crippen molar-refractivity contribution in [1.29, 1.82) is 0 Å². The second-order valence-electron chi connectivity index (χ2n) is 6.45. The SMILES string of the molecule is O=C(C1=CN(c2ccc(Cl)cc2)c2cc(Cl)ccc2S1(=O)=O)N1CCCC1. The van der Waals surface area contributed by atoms with E-state index in [1.54, 1.807) is 40.1 Å². The maximum Gasteiger partial charge on any atom is 0.267 e. The Morgan fingerprint density at radius 2 is 1.56 bits per heavy atom. The Hall–Kier alpha value is -2.02. The molecule has 0 aromatic heterocycles. The number of hydrogen-bond donors (Lipinski definition) is 0. The predicted molar refractivity (Wildman–Crippen MR) is 106 cm³/mol. The van der Waals surface area contributed by atoms with Crippen molar-refractivity contribution in [2.45, 2.75) is 17.7 Å². The zero-order valence-corrected chi connectivity index (χ0v) is 16.6. The highest BCUT2D eigenvalue weighted by atomic mass is 35.5. The van der Waals surface area contributed by atoms with E-state index in [4.69, 9.17) is 23.2 Å². The third-order valence-electron chi connectivity index (χ3n) is 4.71. The highest BCUT2D eigenvalue weighted by Crippen LogP contribution is 2.41. The van der Waals surface area contributed by atoms with E-state index < -0.39 is 15.7 Å². The first kappa shape index (κ1) is 18.3. The standard InChI is InChI=1S/C19H16Cl2N2O3S/c20-13-3-6-15(7-4-13)23-12-18(19(24)22-9-1-2-10-22)27(25,26)17-8-5-14(21)11-16(17)23/h3-8,11-12H,1-2,9-10H2. The van der Waals surface area contributed by atoms with Gasteiger partial charge >= 0.3 is 0 Å². The van der Waals surface area contributed by atoms with Crippen LogP contribution in [-0.2, 0) is 14.6 Å². The van der Waals surface area contributed by atoms with Gasteiger partial charge in [0.05, 0.1) is 10.6 Å². The van der Waals surface area contributed by atoms with Crippen LogP contribution in [0.2, 0.25) is 10.0 Å². The Bertz CT molecular complexity index is 1040. The molecular formula is C19H16Cl2N2O3S. The summed E-state index contributed by atoms with van der Waals surface area (Å²) >= 11 is 12.1. The number of carbonyl (C=O) groups excluding carboxylic acids is 1. The number of benzene rings is 2. The zero-order chi connectivity index (χ0) is 19.2. The number of amides is 1. The number of sulfone groups is 1. The van der Waals surface area contributed by atoms with E-state index in [1.165, 1.54) is 18.3 Å². The summed E-state index contributed by atoms with van der Waals surface area (Å²) < 4.78 is 26.3. The summed E-state index contributed by atoms with van der Waals surface area (Å²) in [4.78, 5) is 16.0. The van der Waals surface area contributed by atoms with Crippen LogP contribution in [0.4, 0.5) is 11.4 Å². The molecule has 140 valence electrons. The number of likely N-dealkylation sites (tertiary alicyclic amines) is 1. The molecule has 27 heavy (non-hydrogen) atoms. The molecule has 1 saturated heterocycles. The molecule has 4 rings (SSSR count). The fourth-order valence-corrected chi connectivity index (χ4v) is 5.15. The quantitative estimate of drug-likeness (QED) is 0.720. The number of halogens is 2. The lowest BCUT2D eigenvalue weighted by molar-refractivity contribution is -0.125. The van der Waals surface area contributed by atoms with E-state index in [0.717, 1.165) is 12.8 Å². The maximum atomic E-state index is 13.1. The van der Waals surface area contributed by atoms with Gasteiger partial charge in [0.15, 0.2) is 4.91 Å². The first-order chi connectivity index (χ1) is 12.9. The minimum Gasteiger partial charge on any atom is -0.338 e. The topological polar surface area (TPSA) is 57.7 Å². The van der Waals surface area contributed by atoms with E-state index in [9.17, 15) is 13.2 Å². The van der Waals surface area contributed by atoms with E-state index in [1.807, 2.05) is 0 Å². The van der Waals surface area contributed by atoms with Crippen molar-refractivity contribution in [3.05, 3.63) is 63.6 Å². The van der Waals surface area contributed by atoms with Crippen LogP contribution in [0, 0.1) is 0 Å². The van der Waals surface area contributed by atoms with Gasteiger partial charge in [-0.1, -0.05) is 23.2 Å². The van der Waals surface area contributed by atoms with Crippen molar-refractivity contribution in [2.75, 3.05) is 18.0 Å². The van der Waals surface area contributed by atoms with E-state index in [0.29, 0.717) is 34.5 Å². The van der Waals surface area contributed by atoms with Crippen LogP contribution in [0.3, 0.4) is 0 Å². The molecule has 5 nitrogen and oxygen atoms in total. The highest BCUT2D eigenvalue weighted by molar-refractivity contribution is 7.96. The molecule has 2 heterocycles. The van der Waals surface area contributed by atoms with Gasteiger partial charge in [0.1, 0.15) is 0 Å². The highest BCUT2D eigenvalue weighted by Gasteiger charge is 2.38. The van der Waals surface area contributed by atoms with Gasteiger partial charge in [-0.15, -0.1) is 0 Å². The fraction of sp³-hybridized carbons (Fsp3) is 0.211. The molecule has 2 aliphatic rings. The van der Waals surface area contributed by atoms with E-state index in [2.05, 4.69) is 0 Å². The van der Waals surface area contributed by atoms with Crippen LogP contribution in [0.1, 0.15) is 12.8 Å². The largest absolute Gasteiger partial charge is 0.338 e. The third kappa shape index (κ3) is 3.22. The molecule has 2 aliphatic heterocycles. The Balaban J connectivity index is 1.90. The molecule has 1 fully saturated rings. The lowest BCUT2D eigenvalue weighted by atomic mass is 10.2. The Morgan fingerprint density at radius 1 is 0.926 bits per heavy atom. The minimum atomic E-state index is -3.94. The zero-order valence-electron chi connectivity index (χ0n) is 14.2. The van der Waals surface area contributed by atoms with Crippen molar-refractivity contribution >= 4 is 50.3 Å². The number of hydrogen-bond acceptors (Lipinski definition) is 4. The fourth-order valence-electron chi connectivity index (χ4n) is 3.34. The average Bonchev–Trinajstić information content (AvgIpc) is 3.17. The number of rotatable bonds is 2. The number of nitrogens with zero attached hydrogens (tertiary/aromatic N) is 2. The van der Waals surface area contributed by atoms with Gasteiger partial charge in [0.25, 0.3) is 5.91 Å². The molecule has 1 amide bonds. The van der Waals surface area contributed by atoms with Gasteiger partial charge in [-0.3, -0.25) is 4.79 Å². The summed E-state index contributed by atoms with van der Waals surface area (Å²) in [6, 6.07) is 11.5. The van der Waals surface area contributed by atoms with Crippen molar-refractivity contribution in [3.8, 4) is 0 Å². The van der Waals surface area contributed by atoms with Gasteiger partial charge in [-0.2, -0.15) is 0 Å². The molecule has 0 aliphatic carbocycles. The average molecular weight is 423 g/mol. The molecule has 0 atom stereocenters. The van der Waals surface area contributed by atoms with Gasteiger partial charge in [-0.25, -0.2) is 8.42 Å². The van der Waals surface area contributed by atoms with Gasteiger partial charge in [-0.05, 0) is 55.3 Å². The van der Waals surface area contributed by atoms with Crippen LogP contribution in [0.25, 0.3) is 0 Å². The van der Waals surface area contributed by atoms with Crippen molar-refractivity contribution in [1.82, 2.24) is 4.90 Å². The second kappa shape index (κ2) is 6.86. The summed E-state index contributed by atoms with van der Waals surface area (Å²) in [6.07, 6.45) is 3.15. The minimum absolute atomic E-state index is 0.0619. The summed E-state index contributed by atoms with van der Waals surface area (Å²) in [5, 5.41) is 0.970. The maximum absolute atomic E-state index is 13.1. The number of anilines is 2. The molecular weight excluding hydrogens is 407 g/mol. The summed E-state index contributed by atoms with van der Waals surface area (Å²) in [7, 11) is -3.94. The first-order valence-electron chi connectivity index (χ1n) is 8.48.